The number of fused-ring (bicyclic) bond motifs is 4. The lowest BCUT2D eigenvalue weighted by Gasteiger charge is -2.13. The molecule has 1 aliphatic carbocycles. The van der Waals surface area contributed by atoms with Crippen LogP contribution in [0.3, 0.4) is 0 Å². The highest BCUT2D eigenvalue weighted by Gasteiger charge is 2.28. The zero-order valence-electron chi connectivity index (χ0n) is 19.4. The number of hydrogen-bond donors (Lipinski definition) is 1. The molecule has 1 N–H and O–H groups in total. The van der Waals surface area contributed by atoms with E-state index in [0.717, 1.165) is 53.4 Å². The Labute approximate surface area is 205 Å². The molecule has 1 unspecified atom stereocenters. The second-order valence-corrected chi connectivity index (χ2v) is 10.8. The third-order valence-corrected chi connectivity index (χ3v) is 8.36. The van der Waals surface area contributed by atoms with E-state index in [1.807, 2.05) is 35.6 Å². The average Bonchev–Trinajstić information content (AvgIpc) is 3.40. The topological polar surface area (TPSA) is 85.6 Å². The number of para-hydroxylation sites is 1. The molecular weight excluding hydrogens is 468 g/mol. The van der Waals surface area contributed by atoms with Crippen LogP contribution in [0.5, 0.6) is 0 Å². The standard InChI is InChI=1S/C25H26N4O3S2/c1-4-32-24(31)21-17-10-6-8-12-19(17)34-23(21)26-22(30)15(3)33-25-28-27-20-13-14(2)16-9-5-7-11-18(16)29(20)25/h5,7,9,11,13,15H,4,6,8,10,12H2,1-3H3,(H,26,30). The van der Waals surface area contributed by atoms with Gasteiger partial charge in [-0.15, -0.1) is 21.5 Å². The van der Waals surface area contributed by atoms with Crippen LogP contribution in [-0.4, -0.2) is 38.3 Å². The van der Waals surface area contributed by atoms with Gasteiger partial charge in [-0.3, -0.25) is 9.20 Å². The summed E-state index contributed by atoms with van der Waals surface area (Å²) in [6.45, 7) is 5.99. The summed E-state index contributed by atoms with van der Waals surface area (Å²) in [6, 6.07) is 10.1. The number of hydrogen-bond acceptors (Lipinski definition) is 7. The van der Waals surface area contributed by atoms with Gasteiger partial charge in [0.2, 0.25) is 5.91 Å². The fraction of sp³-hybridized carbons (Fsp3) is 0.360. The van der Waals surface area contributed by atoms with Gasteiger partial charge in [-0.1, -0.05) is 30.0 Å². The molecule has 1 aromatic carbocycles. The number of aryl methyl sites for hydroxylation is 2. The number of esters is 1. The van der Waals surface area contributed by atoms with Crippen molar-refractivity contribution in [2.75, 3.05) is 11.9 Å². The molecular formula is C25H26N4O3S2. The lowest BCUT2D eigenvalue weighted by atomic mass is 9.95. The summed E-state index contributed by atoms with van der Waals surface area (Å²) in [6.07, 6.45) is 3.93. The minimum atomic E-state index is -0.443. The largest absolute Gasteiger partial charge is 0.462 e. The van der Waals surface area contributed by atoms with Crippen LogP contribution in [0.25, 0.3) is 16.6 Å². The number of benzene rings is 1. The Balaban J connectivity index is 1.42. The Morgan fingerprint density at radius 1 is 1.24 bits per heavy atom. The number of pyridine rings is 1. The van der Waals surface area contributed by atoms with Gasteiger partial charge in [-0.2, -0.15) is 0 Å². The van der Waals surface area contributed by atoms with Gasteiger partial charge in [-0.25, -0.2) is 4.79 Å². The van der Waals surface area contributed by atoms with Gasteiger partial charge in [0.05, 0.1) is 22.9 Å². The maximum absolute atomic E-state index is 13.2. The predicted octanol–water partition coefficient (Wildman–Crippen LogP) is 5.43. The fourth-order valence-electron chi connectivity index (χ4n) is 4.45. The van der Waals surface area contributed by atoms with E-state index in [4.69, 9.17) is 4.74 Å². The van der Waals surface area contributed by atoms with Crippen molar-refractivity contribution in [2.24, 2.45) is 0 Å². The van der Waals surface area contributed by atoms with Crippen LogP contribution in [0.1, 0.15) is 53.1 Å². The number of thioether (sulfide) groups is 1. The molecule has 34 heavy (non-hydrogen) atoms. The number of nitrogens with one attached hydrogen (secondary N) is 1. The molecule has 0 aliphatic heterocycles. The minimum Gasteiger partial charge on any atom is -0.462 e. The Morgan fingerprint density at radius 3 is 2.85 bits per heavy atom. The van der Waals surface area contributed by atoms with Crippen LogP contribution in [0, 0.1) is 6.92 Å². The first-order valence-electron chi connectivity index (χ1n) is 11.5. The quantitative estimate of drug-likeness (QED) is 0.284. The Kier molecular flexibility index (Phi) is 6.31. The monoisotopic (exact) mass is 494 g/mol. The Bertz CT molecular complexity index is 1410. The molecule has 3 heterocycles. The van der Waals surface area contributed by atoms with Crippen molar-refractivity contribution in [3.63, 3.8) is 0 Å². The highest BCUT2D eigenvalue weighted by Crippen LogP contribution is 2.39. The first kappa shape index (κ1) is 22.9. The maximum Gasteiger partial charge on any atom is 0.341 e. The summed E-state index contributed by atoms with van der Waals surface area (Å²) >= 11 is 2.85. The van der Waals surface area contributed by atoms with Gasteiger partial charge in [0.25, 0.3) is 0 Å². The number of rotatable bonds is 6. The van der Waals surface area contributed by atoms with E-state index in [2.05, 4.69) is 28.5 Å². The molecule has 7 nitrogen and oxygen atoms in total. The molecule has 0 saturated carbocycles. The van der Waals surface area contributed by atoms with Crippen LogP contribution >= 0.6 is 23.1 Å². The zero-order chi connectivity index (χ0) is 23.8. The number of thiophene rings is 1. The van der Waals surface area contributed by atoms with Crippen molar-refractivity contribution < 1.29 is 14.3 Å². The highest BCUT2D eigenvalue weighted by molar-refractivity contribution is 8.00. The number of anilines is 1. The molecule has 1 atom stereocenters. The Hall–Kier alpha value is -2.91. The van der Waals surface area contributed by atoms with Gasteiger partial charge in [0.15, 0.2) is 10.8 Å². The molecule has 3 aromatic heterocycles. The smallest absolute Gasteiger partial charge is 0.341 e. The first-order chi connectivity index (χ1) is 16.5. The van der Waals surface area contributed by atoms with Crippen molar-refractivity contribution in [1.29, 1.82) is 0 Å². The summed E-state index contributed by atoms with van der Waals surface area (Å²) in [7, 11) is 0. The summed E-state index contributed by atoms with van der Waals surface area (Å²) in [5, 5.41) is 13.6. The second-order valence-electron chi connectivity index (χ2n) is 8.41. The molecule has 1 amide bonds. The molecule has 0 spiro atoms. The molecule has 0 saturated heterocycles. The summed E-state index contributed by atoms with van der Waals surface area (Å²) < 4.78 is 7.30. The first-order valence-corrected chi connectivity index (χ1v) is 13.2. The maximum atomic E-state index is 13.2. The second kappa shape index (κ2) is 9.38. The van der Waals surface area contributed by atoms with Crippen molar-refractivity contribution >= 4 is 56.5 Å². The van der Waals surface area contributed by atoms with Gasteiger partial charge >= 0.3 is 5.97 Å². The third-order valence-electron chi connectivity index (χ3n) is 6.11. The molecule has 5 rings (SSSR count). The predicted molar refractivity (Wildman–Crippen MR) is 136 cm³/mol. The molecule has 0 bridgehead atoms. The van der Waals surface area contributed by atoms with Crippen molar-refractivity contribution in [2.45, 2.75) is 56.9 Å². The molecule has 1 aliphatic rings. The van der Waals surface area contributed by atoms with E-state index in [1.165, 1.54) is 28.0 Å². The number of ether oxygens (including phenoxy) is 1. The summed E-state index contributed by atoms with van der Waals surface area (Å²) in [5.74, 6) is -0.537. The summed E-state index contributed by atoms with van der Waals surface area (Å²) in [5.41, 5.74) is 4.46. The van der Waals surface area contributed by atoms with Crippen molar-refractivity contribution in [3.05, 3.63) is 51.9 Å². The van der Waals surface area contributed by atoms with Gasteiger partial charge in [0, 0.05) is 10.3 Å². The van der Waals surface area contributed by atoms with Gasteiger partial charge in [0.1, 0.15) is 5.00 Å². The molecule has 9 heteroatoms. The summed E-state index contributed by atoms with van der Waals surface area (Å²) in [4.78, 5) is 27.1. The van der Waals surface area contributed by atoms with Gasteiger partial charge in [-0.05, 0) is 69.7 Å². The molecule has 0 radical (unpaired) electrons. The van der Waals surface area contributed by atoms with Crippen LogP contribution in [0.4, 0.5) is 5.00 Å². The number of carbonyl (C=O) groups excluding carboxylic acids is 2. The number of amides is 1. The number of nitrogens with zero attached hydrogens (tertiary/aromatic N) is 3. The van der Waals surface area contributed by atoms with E-state index >= 15 is 0 Å². The number of carbonyl (C=O) groups is 2. The van der Waals surface area contributed by atoms with E-state index in [0.29, 0.717) is 22.3 Å². The molecule has 4 aromatic rings. The van der Waals surface area contributed by atoms with Crippen LogP contribution in [0.2, 0.25) is 0 Å². The van der Waals surface area contributed by atoms with E-state index in [9.17, 15) is 9.59 Å². The fourth-order valence-corrected chi connectivity index (χ4v) is 6.60. The lowest BCUT2D eigenvalue weighted by molar-refractivity contribution is -0.115. The lowest BCUT2D eigenvalue weighted by Crippen LogP contribution is -2.23. The normalized spacial score (nSPS) is 14.2. The Morgan fingerprint density at radius 2 is 2.03 bits per heavy atom. The average molecular weight is 495 g/mol. The minimum absolute atomic E-state index is 0.178. The van der Waals surface area contributed by atoms with E-state index in [-0.39, 0.29) is 11.9 Å². The molecule has 176 valence electrons. The number of aromatic nitrogens is 3. The van der Waals surface area contributed by atoms with Crippen molar-refractivity contribution in [1.82, 2.24) is 14.6 Å². The van der Waals surface area contributed by atoms with E-state index in [1.54, 1.807) is 6.92 Å². The molecule has 0 fully saturated rings. The zero-order valence-corrected chi connectivity index (χ0v) is 21.0. The van der Waals surface area contributed by atoms with Gasteiger partial charge < -0.3 is 10.1 Å². The van der Waals surface area contributed by atoms with Crippen LogP contribution < -0.4 is 5.32 Å². The van der Waals surface area contributed by atoms with Crippen molar-refractivity contribution in [3.8, 4) is 0 Å². The third kappa shape index (κ3) is 4.07. The SMILES string of the molecule is CCOC(=O)c1c(NC(=O)C(C)Sc2nnc3cc(C)c4ccccc4n23)sc2c1CCCC2. The van der Waals surface area contributed by atoms with Crippen LogP contribution in [-0.2, 0) is 22.4 Å². The van der Waals surface area contributed by atoms with E-state index < -0.39 is 5.25 Å². The van der Waals surface area contributed by atoms with Crippen LogP contribution in [0.15, 0.2) is 35.5 Å². The highest BCUT2D eigenvalue weighted by atomic mass is 32.2.